The van der Waals surface area contributed by atoms with Crippen molar-refractivity contribution in [1.82, 2.24) is 0 Å². The Kier molecular flexibility index (Phi) is 3.69. The molecule has 0 aliphatic carbocycles. The fourth-order valence-corrected chi connectivity index (χ4v) is 1.43. The van der Waals surface area contributed by atoms with Gasteiger partial charge in [-0.2, -0.15) is 0 Å². The van der Waals surface area contributed by atoms with Crippen LogP contribution in [0.1, 0.15) is 38.2 Å². The van der Waals surface area contributed by atoms with Crippen molar-refractivity contribution in [2.45, 2.75) is 33.8 Å². The minimum atomic E-state index is -0.450. The molecule has 1 heterocycles. The highest BCUT2D eigenvalue weighted by atomic mass is 16.5. The topological polar surface area (TPSA) is 39.4 Å². The predicted octanol–water partition coefficient (Wildman–Crippen LogP) is 2.91. The molecule has 0 radical (unpaired) electrons. The second kappa shape index (κ2) is 4.62. The third kappa shape index (κ3) is 2.93. The van der Waals surface area contributed by atoms with Crippen molar-refractivity contribution < 1.29 is 13.9 Å². The molecule has 0 aliphatic rings. The van der Waals surface area contributed by atoms with E-state index in [-0.39, 0.29) is 11.2 Å². The van der Waals surface area contributed by atoms with Gasteiger partial charge >= 0.3 is 0 Å². The molecule has 0 aliphatic heterocycles. The Morgan fingerprint density at radius 1 is 1.53 bits per heavy atom. The predicted molar refractivity (Wildman–Crippen MR) is 57.9 cm³/mol. The minimum Gasteiger partial charge on any atom is -0.461 e. The normalized spacial score (nSPS) is 13.9. The van der Waals surface area contributed by atoms with Crippen LogP contribution in [-0.2, 0) is 4.74 Å². The largest absolute Gasteiger partial charge is 0.461 e. The third-order valence-corrected chi connectivity index (χ3v) is 2.12. The van der Waals surface area contributed by atoms with Crippen LogP contribution in [0.15, 0.2) is 22.8 Å². The SMILES string of the molecule is CCOC(C(=O)c1ccco1)C(C)(C)C. The Hall–Kier alpha value is -1.09. The summed E-state index contributed by atoms with van der Waals surface area (Å²) < 4.78 is 10.6. The van der Waals surface area contributed by atoms with Crippen LogP contribution in [0, 0.1) is 5.41 Å². The van der Waals surface area contributed by atoms with E-state index in [1.807, 2.05) is 27.7 Å². The van der Waals surface area contributed by atoms with E-state index < -0.39 is 6.10 Å². The average molecular weight is 210 g/mol. The Morgan fingerprint density at radius 2 is 2.20 bits per heavy atom. The number of hydrogen-bond donors (Lipinski definition) is 0. The summed E-state index contributed by atoms with van der Waals surface area (Å²) in [7, 11) is 0. The lowest BCUT2D eigenvalue weighted by molar-refractivity contribution is -0.00196. The maximum absolute atomic E-state index is 12.0. The monoisotopic (exact) mass is 210 g/mol. The van der Waals surface area contributed by atoms with Gasteiger partial charge in [0.2, 0.25) is 5.78 Å². The first-order chi connectivity index (χ1) is 6.96. The molecule has 15 heavy (non-hydrogen) atoms. The van der Waals surface area contributed by atoms with Crippen molar-refractivity contribution in [3.8, 4) is 0 Å². The number of furan rings is 1. The van der Waals surface area contributed by atoms with E-state index in [0.717, 1.165) is 0 Å². The Bertz CT molecular complexity index is 306. The molecule has 0 fully saturated rings. The first-order valence-electron chi connectivity index (χ1n) is 5.16. The van der Waals surface area contributed by atoms with Gasteiger partial charge in [-0.3, -0.25) is 4.79 Å². The lowest BCUT2D eigenvalue weighted by atomic mass is 9.85. The van der Waals surface area contributed by atoms with Gasteiger partial charge in [-0.15, -0.1) is 0 Å². The summed E-state index contributed by atoms with van der Waals surface area (Å²) in [6.45, 7) is 8.35. The van der Waals surface area contributed by atoms with E-state index in [9.17, 15) is 4.79 Å². The maximum Gasteiger partial charge on any atom is 0.227 e. The van der Waals surface area contributed by atoms with Crippen molar-refractivity contribution in [2.24, 2.45) is 5.41 Å². The molecule has 0 N–H and O–H groups in total. The van der Waals surface area contributed by atoms with Gasteiger partial charge in [0.05, 0.1) is 6.26 Å². The van der Waals surface area contributed by atoms with Gasteiger partial charge in [-0.25, -0.2) is 0 Å². The van der Waals surface area contributed by atoms with Crippen molar-refractivity contribution in [3.63, 3.8) is 0 Å². The highest BCUT2D eigenvalue weighted by Crippen LogP contribution is 2.25. The van der Waals surface area contributed by atoms with Crippen molar-refractivity contribution in [3.05, 3.63) is 24.2 Å². The van der Waals surface area contributed by atoms with E-state index in [2.05, 4.69) is 0 Å². The molecule has 0 aromatic carbocycles. The Morgan fingerprint density at radius 3 is 2.60 bits per heavy atom. The molecule has 1 rings (SSSR count). The molecule has 84 valence electrons. The molecular weight excluding hydrogens is 192 g/mol. The van der Waals surface area contributed by atoms with Gasteiger partial charge in [0.15, 0.2) is 5.76 Å². The molecule has 1 atom stereocenters. The number of rotatable bonds is 4. The van der Waals surface area contributed by atoms with Gasteiger partial charge < -0.3 is 9.15 Å². The van der Waals surface area contributed by atoms with Gasteiger partial charge in [-0.05, 0) is 24.5 Å². The first-order valence-corrected chi connectivity index (χ1v) is 5.16. The number of ether oxygens (including phenoxy) is 1. The zero-order chi connectivity index (χ0) is 11.5. The molecule has 0 bridgehead atoms. The lowest BCUT2D eigenvalue weighted by Crippen LogP contribution is -2.37. The summed E-state index contributed by atoms with van der Waals surface area (Å²) in [5.74, 6) is 0.276. The highest BCUT2D eigenvalue weighted by Gasteiger charge is 2.33. The van der Waals surface area contributed by atoms with Crippen LogP contribution in [0.25, 0.3) is 0 Å². The number of ketones is 1. The van der Waals surface area contributed by atoms with E-state index in [1.165, 1.54) is 6.26 Å². The van der Waals surface area contributed by atoms with E-state index in [4.69, 9.17) is 9.15 Å². The van der Waals surface area contributed by atoms with Gasteiger partial charge in [0, 0.05) is 6.61 Å². The van der Waals surface area contributed by atoms with Gasteiger partial charge in [0.25, 0.3) is 0 Å². The Labute approximate surface area is 90.4 Å². The quantitative estimate of drug-likeness (QED) is 0.717. The number of carbonyl (C=O) groups excluding carboxylic acids is 1. The maximum atomic E-state index is 12.0. The second-order valence-electron chi connectivity index (χ2n) is 4.54. The molecule has 0 saturated heterocycles. The van der Waals surface area contributed by atoms with Gasteiger partial charge in [0.1, 0.15) is 6.10 Å². The van der Waals surface area contributed by atoms with Crippen LogP contribution in [0.2, 0.25) is 0 Å². The smallest absolute Gasteiger partial charge is 0.227 e. The fraction of sp³-hybridized carbons (Fsp3) is 0.583. The molecule has 3 nitrogen and oxygen atoms in total. The summed E-state index contributed by atoms with van der Waals surface area (Å²) in [5.41, 5.74) is -0.222. The zero-order valence-corrected chi connectivity index (χ0v) is 9.74. The van der Waals surface area contributed by atoms with Crippen LogP contribution >= 0.6 is 0 Å². The number of Topliss-reactive ketones (excluding diaryl/α,β-unsaturated/α-hetero) is 1. The van der Waals surface area contributed by atoms with Crippen molar-refractivity contribution >= 4 is 5.78 Å². The molecule has 1 aromatic heterocycles. The van der Waals surface area contributed by atoms with Crippen LogP contribution in [0.5, 0.6) is 0 Å². The zero-order valence-electron chi connectivity index (χ0n) is 9.74. The number of hydrogen-bond acceptors (Lipinski definition) is 3. The summed E-state index contributed by atoms with van der Waals surface area (Å²) in [4.78, 5) is 12.0. The number of carbonyl (C=O) groups is 1. The van der Waals surface area contributed by atoms with Crippen LogP contribution < -0.4 is 0 Å². The van der Waals surface area contributed by atoms with Crippen LogP contribution in [0.4, 0.5) is 0 Å². The van der Waals surface area contributed by atoms with Crippen molar-refractivity contribution in [2.75, 3.05) is 6.61 Å². The summed E-state index contributed by atoms with van der Waals surface area (Å²) in [6, 6.07) is 3.37. The molecular formula is C12H18O3. The molecule has 0 saturated carbocycles. The van der Waals surface area contributed by atoms with Crippen LogP contribution in [0.3, 0.4) is 0 Å². The standard InChI is InChI=1S/C12H18O3/c1-5-14-11(12(2,3)4)10(13)9-7-6-8-15-9/h6-8,11H,5H2,1-4H3. The summed E-state index contributed by atoms with van der Waals surface area (Å²) in [6.07, 6.45) is 1.05. The molecule has 0 amide bonds. The fourth-order valence-electron chi connectivity index (χ4n) is 1.43. The summed E-state index contributed by atoms with van der Waals surface area (Å²) in [5, 5.41) is 0. The van der Waals surface area contributed by atoms with Crippen LogP contribution in [-0.4, -0.2) is 18.5 Å². The molecule has 3 heteroatoms. The van der Waals surface area contributed by atoms with Gasteiger partial charge in [-0.1, -0.05) is 20.8 Å². The lowest BCUT2D eigenvalue weighted by Gasteiger charge is -2.28. The van der Waals surface area contributed by atoms with E-state index >= 15 is 0 Å². The van der Waals surface area contributed by atoms with E-state index in [0.29, 0.717) is 12.4 Å². The second-order valence-corrected chi connectivity index (χ2v) is 4.54. The van der Waals surface area contributed by atoms with E-state index in [1.54, 1.807) is 12.1 Å². The Balaban J connectivity index is 2.86. The molecule has 1 unspecified atom stereocenters. The first kappa shape index (κ1) is 12.0. The summed E-state index contributed by atoms with van der Waals surface area (Å²) >= 11 is 0. The molecule has 0 spiro atoms. The highest BCUT2D eigenvalue weighted by molar-refractivity contribution is 5.97. The molecule has 1 aromatic rings. The average Bonchev–Trinajstić information content (AvgIpc) is 2.63. The third-order valence-electron chi connectivity index (χ3n) is 2.12. The minimum absolute atomic E-state index is 0.0886. The van der Waals surface area contributed by atoms with Crippen molar-refractivity contribution in [1.29, 1.82) is 0 Å².